The summed E-state index contributed by atoms with van der Waals surface area (Å²) in [5.74, 6) is 0.578. The van der Waals surface area contributed by atoms with E-state index in [4.69, 9.17) is 11.6 Å². The average Bonchev–Trinajstić information content (AvgIpc) is 2.39. The summed E-state index contributed by atoms with van der Waals surface area (Å²) in [7, 11) is 0. The zero-order chi connectivity index (χ0) is 13.7. The fourth-order valence-corrected chi connectivity index (χ4v) is 2.65. The molecule has 0 aliphatic carbocycles. The smallest absolute Gasteiger partial charge is 0.0460 e. The summed E-state index contributed by atoms with van der Waals surface area (Å²) >= 11 is 6.07. The van der Waals surface area contributed by atoms with Gasteiger partial charge in [-0.2, -0.15) is 0 Å². The van der Waals surface area contributed by atoms with Crippen molar-refractivity contribution >= 4 is 11.6 Å². The number of alkyl halides is 1. The molecule has 0 spiro atoms. The standard InChI is InChI=1S/C17H20ClN/c1-13-8-14(2)10-15(9-13)12-19-17(11-18)16-6-4-3-5-7-16/h3-10,17,19H,11-12H2,1-2H3. The van der Waals surface area contributed by atoms with Crippen LogP contribution < -0.4 is 5.32 Å². The van der Waals surface area contributed by atoms with Gasteiger partial charge in [0, 0.05) is 18.5 Å². The molecule has 1 N–H and O–H groups in total. The average molecular weight is 274 g/mol. The van der Waals surface area contributed by atoms with E-state index in [0.29, 0.717) is 5.88 Å². The van der Waals surface area contributed by atoms with Gasteiger partial charge >= 0.3 is 0 Å². The summed E-state index contributed by atoms with van der Waals surface area (Å²) in [5.41, 5.74) is 5.16. The number of rotatable bonds is 5. The molecule has 0 bridgehead atoms. The van der Waals surface area contributed by atoms with Gasteiger partial charge in [-0.1, -0.05) is 59.7 Å². The molecule has 0 saturated carbocycles. The SMILES string of the molecule is Cc1cc(C)cc(CNC(CCl)c2ccccc2)c1. The molecule has 2 heteroatoms. The molecule has 0 amide bonds. The van der Waals surface area contributed by atoms with E-state index < -0.39 is 0 Å². The minimum absolute atomic E-state index is 0.198. The molecule has 100 valence electrons. The second kappa shape index (κ2) is 6.74. The van der Waals surface area contributed by atoms with E-state index >= 15 is 0 Å². The maximum absolute atomic E-state index is 6.07. The zero-order valence-corrected chi connectivity index (χ0v) is 12.2. The number of aryl methyl sites for hydroxylation is 2. The van der Waals surface area contributed by atoms with E-state index in [1.807, 2.05) is 18.2 Å². The minimum atomic E-state index is 0.198. The molecule has 0 saturated heterocycles. The zero-order valence-electron chi connectivity index (χ0n) is 11.5. The first kappa shape index (κ1) is 14.1. The van der Waals surface area contributed by atoms with Crippen molar-refractivity contribution in [3.63, 3.8) is 0 Å². The normalized spacial score (nSPS) is 12.4. The summed E-state index contributed by atoms with van der Waals surface area (Å²) in [5, 5.41) is 3.52. The van der Waals surface area contributed by atoms with Gasteiger partial charge in [0.05, 0.1) is 0 Å². The van der Waals surface area contributed by atoms with E-state index in [0.717, 1.165) is 6.54 Å². The lowest BCUT2D eigenvalue weighted by Crippen LogP contribution is -2.22. The van der Waals surface area contributed by atoms with Crippen molar-refractivity contribution in [3.8, 4) is 0 Å². The van der Waals surface area contributed by atoms with Gasteiger partial charge in [0.15, 0.2) is 0 Å². The monoisotopic (exact) mass is 273 g/mol. The van der Waals surface area contributed by atoms with E-state index in [-0.39, 0.29) is 6.04 Å². The van der Waals surface area contributed by atoms with Crippen LogP contribution in [0.25, 0.3) is 0 Å². The molecule has 19 heavy (non-hydrogen) atoms. The molecule has 1 nitrogen and oxygen atoms in total. The molecule has 2 rings (SSSR count). The van der Waals surface area contributed by atoms with Crippen LogP contribution in [0.2, 0.25) is 0 Å². The Balaban J connectivity index is 2.04. The highest BCUT2D eigenvalue weighted by atomic mass is 35.5. The van der Waals surface area contributed by atoms with Gasteiger partial charge in [-0.3, -0.25) is 0 Å². The molecule has 1 unspecified atom stereocenters. The molecule has 0 aromatic heterocycles. The number of nitrogens with one attached hydrogen (secondary N) is 1. The number of benzene rings is 2. The Bertz CT molecular complexity index is 502. The van der Waals surface area contributed by atoms with Gasteiger partial charge in [0.25, 0.3) is 0 Å². The van der Waals surface area contributed by atoms with Crippen LogP contribution in [-0.4, -0.2) is 5.88 Å². The topological polar surface area (TPSA) is 12.0 Å². The number of hydrogen-bond donors (Lipinski definition) is 1. The van der Waals surface area contributed by atoms with Crippen molar-refractivity contribution < 1.29 is 0 Å². The highest BCUT2D eigenvalue weighted by Gasteiger charge is 2.09. The maximum Gasteiger partial charge on any atom is 0.0460 e. The largest absolute Gasteiger partial charge is 0.305 e. The summed E-state index contributed by atoms with van der Waals surface area (Å²) in [4.78, 5) is 0. The lowest BCUT2D eigenvalue weighted by Gasteiger charge is -2.17. The van der Waals surface area contributed by atoms with Crippen LogP contribution in [0.4, 0.5) is 0 Å². The van der Waals surface area contributed by atoms with Crippen molar-refractivity contribution in [2.24, 2.45) is 0 Å². The summed E-state index contributed by atoms with van der Waals surface area (Å²) in [6.45, 7) is 5.11. The molecule has 0 heterocycles. The summed E-state index contributed by atoms with van der Waals surface area (Å²) in [6, 6.07) is 17.2. The van der Waals surface area contributed by atoms with Gasteiger partial charge in [0.1, 0.15) is 0 Å². The Morgan fingerprint density at radius 2 is 1.63 bits per heavy atom. The van der Waals surface area contributed by atoms with Gasteiger partial charge in [-0.15, -0.1) is 11.6 Å². The van der Waals surface area contributed by atoms with E-state index in [2.05, 4.69) is 49.5 Å². The summed E-state index contributed by atoms with van der Waals surface area (Å²) in [6.07, 6.45) is 0. The van der Waals surface area contributed by atoms with Crippen LogP contribution in [0.1, 0.15) is 28.3 Å². The van der Waals surface area contributed by atoms with Crippen molar-refractivity contribution in [2.75, 3.05) is 5.88 Å². The minimum Gasteiger partial charge on any atom is -0.305 e. The Morgan fingerprint density at radius 1 is 1.00 bits per heavy atom. The van der Waals surface area contributed by atoms with Gasteiger partial charge in [0.2, 0.25) is 0 Å². The Labute approximate surface area is 120 Å². The molecule has 0 aliphatic rings. The first-order valence-electron chi connectivity index (χ1n) is 6.60. The molecular weight excluding hydrogens is 254 g/mol. The first-order chi connectivity index (χ1) is 9.19. The van der Waals surface area contributed by atoms with Crippen LogP contribution in [0.15, 0.2) is 48.5 Å². The fraction of sp³-hybridized carbons (Fsp3) is 0.294. The fourth-order valence-electron chi connectivity index (χ4n) is 2.36. The third-order valence-electron chi connectivity index (χ3n) is 3.19. The number of halogens is 1. The second-order valence-corrected chi connectivity index (χ2v) is 5.30. The first-order valence-corrected chi connectivity index (χ1v) is 7.14. The highest BCUT2D eigenvalue weighted by Crippen LogP contribution is 2.16. The predicted octanol–water partition coefficient (Wildman–Crippen LogP) is 4.37. The second-order valence-electron chi connectivity index (χ2n) is 4.99. The predicted molar refractivity (Wildman–Crippen MR) is 82.7 cm³/mol. The third kappa shape index (κ3) is 4.09. The molecule has 0 aliphatic heterocycles. The molecule has 1 atom stereocenters. The lowest BCUT2D eigenvalue weighted by atomic mass is 10.1. The molecule has 0 radical (unpaired) electrons. The van der Waals surface area contributed by atoms with Crippen LogP contribution in [0, 0.1) is 13.8 Å². The lowest BCUT2D eigenvalue weighted by molar-refractivity contribution is 0.579. The van der Waals surface area contributed by atoms with Crippen LogP contribution >= 0.6 is 11.6 Å². The van der Waals surface area contributed by atoms with E-state index in [1.165, 1.54) is 22.3 Å². The highest BCUT2D eigenvalue weighted by molar-refractivity contribution is 6.18. The quantitative estimate of drug-likeness (QED) is 0.798. The molecular formula is C17H20ClN. The molecule has 2 aromatic rings. The van der Waals surface area contributed by atoms with Gasteiger partial charge in [-0.25, -0.2) is 0 Å². The van der Waals surface area contributed by atoms with E-state index in [9.17, 15) is 0 Å². The molecule has 2 aromatic carbocycles. The van der Waals surface area contributed by atoms with Crippen LogP contribution in [-0.2, 0) is 6.54 Å². The van der Waals surface area contributed by atoms with E-state index in [1.54, 1.807) is 0 Å². The Kier molecular flexibility index (Phi) is 5.00. The van der Waals surface area contributed by atoms with Crippen LogP contribution in [0.3, 0.4) is 0 Å². The summed E-state index contributed by atoms with van der Waals surface area (Å²) < 4.78 is 0. The Morgan fingerprint density at radius 3 is 2.21 bits per heavy atom. The van der Waals surface area contributed by atoms with Gasteiger partial charge < -0.3 is 5.32 Å². The Hall–Kier alpha value is -1.31. The maximum atomic E-state index is 6.07. The number of hydrogen-bond acceptors (Lipinski definition) is 1. The third-order valence-corrected chi connectivity index (χ3v) is 3.50. The van der Waals surface area contributed by atoms with Crippen molar-refractivity contribution in [1.29, 1.82) is 0 Å². The van der Waals surface area contributed by atoms with Crippen molar-refractivity contribution in [3.05, 3.63) is 70.8 Å². The van der Waals surface area contributed by atoms with Crippen LogP contribution in [0.5, 0.6) is 0 Å². The van der Waals surface area contributed by atoms with Crippen molar-refractivity contribution in [2.45, 2.75) is 26.4 Å². The van der Waals surface area contributed by atoms with Crippen molar-refractivity contribution in [1.82, 2.24) is 5.32 Å². The molecule has 0 fully saturated rings. The van der Waals surface area contributed by atoms with Gasteiger partial charge in [-0.05, 0) is 25.0 Å².